The lowest BCUT2D eigenvalue weighted by atomic mass is 10.1. The number of rotatable bonds is 5. The van der Waals surface area contributed by atoms with Gasteiger partial charge in [0, 0.05) is 26.3 Å². The standard InChI is InChI=1S/C18H20ClFN4O.ClH/c1-23-9-17(22-10-23)18(25)24(8-14-12-5-21-6-13(12)14)7-11-2-3-16(20)15(19)4-11;/h2-4,9-10,12-14,21H,5-8H2,1H3;1H. The zero-order chi connectivity index (χ0) is 17.6. The molecule has 1 aliphatic heterocycles. The van der Waals surface area contributed by atoms with Gasteiger partial charge in [0.25, 0.3) is 5.91 Å². The molecule has 1 saturated carbocycles. The van der Waals surface area contributed by atoms with Gasteiger partial charge in [-0.15, -0.1) is 12.4 Å². The average molecular weight is 399 g/mol. The van der Waals surface area contributed by atoms with E-state index in [1.54, 1.807) is 29.2 Å². The lowest BCUT2D eigenvalue weighted by Crippen LogP contribution is -2.34. The van der Waals surface area contributed by atoms with Crippen molar-refractivity contribution < 1.29 is 9.18 Å². The lowest BCUT2D eigenvalue weighted by molar-refractivity contribution is 0.0723. The van der Waals surface area contributed by atoms with Crippen molar-refractivity contribution in [1.29, 1.82) is 0 Å². The third kappa shape index (κ3) is 3.72. The summed E-state index contributed by atoms with van der Waals surface area (Å²) in [6, 6.07) is 4.61. The maximum absolute atomic E-state index is 13.4. The van der Waals surface area contributed by atoms with Crippen LogP contribution < -0.4 is 5.32 Å². The molecular formula is C18H21Cl2FN4O. The monoisotopic (exact) mass is 398 g/mol. The Bertz CT molecular complexity index is 802. The summed E-state index contributed by atoms with van der Waals surface area (Å²) in [6.45, 7) is 3.16. The fourth-order valence-corrected chi connectivity index (χ4v) is 4.04. The van der Waals surface area contributed by atoms with E-state index in [9.17, 15) is 9.18 Å². The van der Waals surface area contributed by atoms with E-state index in [0.717, 1.165) is 18.7 Å². The van der Waals surface area contributed by atoms with Crippen LogP contribution in [-0.2, 0) is 13.6 Å². The van der Waals surface area contributed by atoms with Gasteiger partial charge in [0.05, 0.1) is 11.3 Å². The molecule has 4 rings (SSSR count). The molecule has 1 amide bonds. The molecule has 2 unspecified atom stereocenters. The second-order valence-corrected chi connectivity index (χ2v) is 7.42. The first-order valence-corrected chi connectivity index (χ1v) is 8.82. The van der Waals surface area contributed by atoms with Gasteiger partial charge in [-0.2, -0.15) is 0 Å². The third-order valence-corrected chi connectivity index (χ3v) is 5.56. The minimum absolute atomic E-state index is 0. The Morgan fingerprint density at radius 2 is 2.15 bits per heavy atom. The largest absolute Gasteiger partial charge is 0.340 e. The highest BCUT2D eigenvalue weighted by Gasteiger charge is 2.53. The van der Waals surface area contributed by atoms with Crippen LogP contribution in [0.2, 0.25) is 5.02 Å². The second-order valence-electron chi connectivity index (χ2n) is 7.01. The van der Waals surface area contributed by atoms with Gasteiger partial charge in [0.2, 0.25) is 0 Å². The zero-order valence-electron chi connectivity index (χ0n) is 14.4. The summed E-state index contributed by atoms with van der Waals surface area (Å²) < 4.78 is 15.2. The molecule has 1 N–H and O–H groups in total. The molecule has 0 bridgehead atoms. The van der Waals surface area contributed by atoms with Gasteiger partial charge in [0.1, 0.15) is 11.5 Å². The molecule has 1 aromatic carbocycles. The highest BCUT2D eigenvalue weighted by atomic mass is 35.5. The Hall–Kier alpha value is -1.63. The van der Waals surface area contributed by atoms with Crippen molar-refractivity contribution in [2.75, 3.05) is 19.6 Å². The van der Waals surface area contributed by atoms with E-state index in [-0.39, 0.29) is 23.3 Å². The van der Waals surface area contributed by atoms with Crippen LogP contribution >= 0.6 is 24.0 Å². The topological polar surface area (TPSA) is 50.2 Å². The number of aryl methyl sites for hydroxylation is 1. The summed E-state index contributed by atoms with van der Waals surface area (Å²) in [5, 5.41) is 3.45. The number of hydrogen-bond acceptors (Lipinski definition) is 3. The zero-order valence-corrected chi connectivity index (χ0v) is 15.9. The smallest absolute Gasteiger partial charge is 0.274 e. The van der Waals surface area contributed by atoms with Gasteiger partial charge in [-0.1, -0.05) is 17.7 Å². The molecule has 2 aromatic rings. The first kappa shape index (κ1) is 19.1. The van der Waals surface area contributed by atoms with Crippen molar-refractivity contribution in [2.24, 2.45) is 24.8 Å². The summed E-state index contributed by atoms with van der Waals surface area (Å²) in [6.07, 6.45) is 3.35. The van der Waals surface area contributed by atoms with E-state index in [2.05, 4.69) is 10.3 Å². The van der Waals surface area contributed by atoms with Gasteiger partial charge < -0.3 is 14.8 Å². The van der Waals surface area contributed by atoms with Crippen LogP contribution in [0.3, 0.4) is 0 Å². The summed E-state index contributed by atoms with van der Waals surface area (Å²) in [7, 11) is 1.84. The van der Waals surface area contributed by atoms with Gasteiger partial charge in [-0.3, -0.25) is 4.79 Å². The van der Waals surface area contributed by atoms with Crippen molar-refractivity contribution in [3.8, 4) is 0 Å². The number of imidazole rings is 1. The highest BCUT2D eigenvalue weighted by Crippen LogP contribution is 2.49. The number of fused-ring (bicyclic) bond motifs is 1. The number of benzene rings is 1. The number of piperidine rings is 1. The molecule has 0 radical (unpaired) electrons. The number of aromatic nitrogens is 2. The summed E-state index contributed by atoms with van der Waals surface area (Å²) in [5.74, 6) is 1.31. The molecule has 8 heteroatoms. The van der Waals surface area contributed by atoms with Gasteiger partial charge in [0.15, 0.2) is 0 Å². The Kier molecular flexibility index (Phi) is 5.55. The van der Waals surface area contributed by atoms with Crippen LogP contribution in [0.5, 0.6) is 0 Å². The molecule has 1 aromatic heterocycles. The van der Waals surface area contributed by atoms with Crippen molar-refractivity contribution in [2.45, 2.75) is 6.54 Å². The van der Waals surface area contributed by atoms with E-state index in [1.807, 2.05) is 11.9 Å². The Morgan fingerprint density at radius 3 is 2.77 bits per heavy atom. The van der Waals surface area contributed by atoms with Crippen LogP contribution in [-0.4, -0.2) is 40.0 Å². The normalized spacial score (nSPS) is 23.3. The van der Waals surface area contributed by atoms with E-state index in [0.29, 0.717) is 36.5 Å². The van der Waals surface area contributed by atoms with Crippen LogP contribution in [0.25, 0.3) is 0 Å². The fraction of sp³-hybridized carbons (Fsp3) is 0.444. The van der Waals surface area contributed by atoms with Gasteiger partial charge in [-0.25, -0.2) is 9.37 Å². The molecule has 5 nitrogen and oxygen atoms in total. The van der Waals surface area contributed by atoms with Crippen LogP contribution in [0.4, 0.5) is 4.39 Å². The second kappa shape index (κ2) is 7.55. The highest BCUT2D eigenvalue weighted by molar-refractivity contribution is 6.30. The molecule has 0 spiro atoms. The summed E-state index contributed by atoms with van der Waals surface area (Å²) in [4.78, 5) is 18.9. The van der Waals surface area contributed by atoms with Crippen molar-refractivity contribution in [1.82, 2.24) is 19.8 Å². The molecule has 1 aliphatic carbocycles. The van der Waals surface area contributed by atoms with Gasteiger partial charge in [-0.05, 0) is 48.5 Å². The van der Waals surface area contributed by atoms with E-state index in [1.165, 1.54) is 6.07 Å². The average Bonchev–Trinajstić information content (AvgIpc) is 2.98. The van der Waals surface area contributed by atoms with E-state index < -0.39 is 5.82 Å². The Morgan fingerprint density at radius 1 is 1.42 bits per heavy atom. The molecule has 140 valence electrons. The SMILES string of the molecule is Cl.Cn1cnc(C(=O)N(Cc2ccc(F)c(Cl)c2)CC2C3CNCC32)c1. The van der Waals surface area contributed by atoms with Crippen molar-refractivity contribution >= 4 is 29.9 Å². The number of carbonyl (C=O) groups is 1. The van der Waals surface area contributed by atoms with Crippen LogP contribution in [0.15, 0.2) is 30.7 Å². The molecule has 1 saturated heterocycles. The number of hydrogen-bond donors (Lipinski definition) is 1. The Balaban J connectivity index is 0.00000196. The van der Waals surface area contributed by atoms with E-state index >= 15 is 0 Å². The molecular weight excluding hydrogens is 378 g/mol. The summed E-state index contributed by atoms with van der Waals surface area (Å²) in [5.41, 5.74) is 1.25. The molecule has 2 heterocycles. The first-order chi connectivity index (χ1) is 12.0. The van der Waals surface area contributed by atoms with Crippen molar-refractivity contribution in [3.63, 3.8) is 0 Å². The fourth-order valence-electron chi connectivity index (χ4n) is 3.83. The number of carbonyl (C=O) groups excluding carboxylic acids is 1. The minimum Gasteiger partial charge on any atom is -0.340 e. The van der Waals surface area contributed by atoms with Crippen LogP contribution in [0.1, 0.15) is 16.1 Å². The van der Waals surface area contributed by atoms with Gasteiger partial charge >= 0.3 is 0 Å². The third-order valence-electron chi connectivity index (χ3n) is 5.27. The predicted octanol–water partition coefficient (Wildman–Crippen LogP) is 2.74. The Labute approximate surface area is 162 Å². The maximum Gasteiger partial charge on any atom is 0.274 e. The maximum atomic E-state index is 13.4. The number of amides is 1. The van der Waals surface area contributed by atoms with Crippen LogP contribution in [0, 0.1) is 23.6 Å². The quantitative estimate of drug-likeness (QED) is 0.842. The minimum atomic E-state index is -0.448. The number of nitrogens with zero attached hydrogens (tertiary/aromatic N) is 3. The van der Waals surface area contributed by atoms with Crippen molar-refractivity contribution in [3.05, 3.63) is 52.8 Å². The number of halogens is 3. The molecule has 2 fully saturated rings. The number of nitrogens with one attached hydrogen (secondary N) is 1. The predicted molar refractivity (Wildman–Crippen MR) is 99.9 cm³/mol. The molecule has 2 aliphatic rings. The molecule has 2 atom stereocenters. The van der Waals surface area contributed by atoms with E-state index in [4.69, 9.17) is 11.6 Å². The summed E-state index contributed by atoms with van der Waals surface area (Å²) >= 11 is 5.89. The first-order valence-electron chi connectivity index (χ1n) is 8.45. The molecule has 26 heavy (non-hydrogen) atoms. The lowest BCUT2D eigenvalue weighted by Gasteiger charge is -2.23.